The molecule has 1 aliphatic carbocycles. The lowest BCUT2D eigenvalue weighted by atomic mass is 9.94. The number of carboxylic acid groups (broad SMARTS) is 1. The Labute approximate surface area is 97.2 Å². The summed E-state index contributed by atoms with van der Waals surface area (Å²) < 4.78 is 0. The summed E-state index contributed by atoms with van der Waals surface area (Å²) in [6.45, 7) is 0. The highest BCUT2D eigenvalue weighted by molar-refractivity contribution is 7.13. The van der Waals surface area contributed by atoms with Gasteiger partial charge in [0.2, 0.25) is 0 Å². The van der Waals surface area contributed by atoms with Crippen molar-refractivity contribution in [1.29, 1.82) is 0 Å². The van der Waals surface area contributed by atoms with E-state index in [0.29, 0.717) is 0 Å². The smallest absolute Gasteiger partial charge is 0.304 e. The summed E-state index contributed by atoms with van der Waals surface area (Å²) >= 11 is 1.69. The molecule has 16 heavy (non-hydrogen) atoms. The van der Waals surface area contributed by atoms with Gasteiger partial charge in [0, 0.05) is 10.8 Å². The highest BCUT2D eigenvalue weighted by Crippen LogP contribution is 2.48. The number of fused-ring (bicyclic) bond motifs is 3. The first-order chi connectivity index (χ1) is 7.77. The number of hydrogen-bond donors (Lipinski definition) is 1. The van der Waals surface area contributed by atoms with Crippen LogP contribution in [0.3, 0.4) is 0 Å². The third-order valence-electron chi connectivity index (χ3n) is 3.03. The summed E-state index contributed by atoms with van der Waals surface area (Å²) in [5.41, 5.74) is 3.54. The van der Waals surface area contributed by atoms with Crippen molar-refractivity contribution in [1.82, 2.24) is 0 Å². The van der Waals surface area contributed by atoms with Crippen LogP contribution in [0.1, 0.15) is 23.5 Å². The van der Waals surface area contributed by atoms with Crippen molar-refractivity contribution in [2.75, 3.05) is 0 Å². The summed E-state index contributed by atoms with van der Waals surface area (Å²) in [5.74, 6) is -0.700. The minimum absolute atomic E-state index is 0.0370. The van der Waals surface area contributed by atoms with Crippen LogP contribution in [0.4, 0.5) is 0 Å². The molecule has 0 saturated heterocycles. The molecule has 0 amide bonds. The lowest BCUT2D eigenvalue weighted by molar-refractivity contribution is -0.137. The summed E-state index contributed by atoms with van der Waals surface area (Å²) in [4.78, 5) is 12.1. The van der Waals surface area contributed by atoms with Gasteiger partial charge in [-0.3, -0.25) is 4.79 Å². The fourth-order valence-electron chi connectivity index (χ4n) is 2.38. The van der Waals surface area contributed by atoms with Gasteiger partial charge in [0.05, 0.1) is 6.42 Å². The van der Waals surface area contributed by atoms with E-state index < -0.39 is 5.97 Å². The summed E-state index contributed by atoms with van der Waals surface area (Å²) in [5, 5.41) is 11.0. The highest BCUT2D eigenvalue weighted by atomic mass is 32.1. The number of carboxylic acids is 1. The van der Waals surface area contributed by atoms with Crippen LogP contribution in [0.15, 0.2) is 35.7 Å². The summed E-state index contributed by atoms with van der Waals surface area (Å²) in [6.07, 6.45) is 0.181. The molecule has 0 saturated carbocycles. The van der Waals surface area contributed by atoms with Crippen LogP contribution in [-0.4, -0.2) is 11.1 Å². The topological polar surface area (TPSA) is 37.3 Å². The lowest BCUT2D eigenvalue weighted by Gasteiger charge is -2.09. The molecule has 2 aromatic rings. The van der Waals surface area contributed by atoms with Crippen LogP contribution in [-0.2, 0) is 4.79 Å². The van der Waals surface area contributed by atoms with E-state index >= 15 is 0 Å². The Morgan fingerprint density at radius 3 is 2.88 bits per heavy atom. The molecule has 1 aromatic carbocycles. The van der Waals surface area contributed by atoms with Crippen molar-refractivity contribution in [3.05, 3.63) is 46.8 Å². The quantitative estimate of drug-likeness (QED) is 0.859. The molecule has 80 valence electrons. The molecule has 1 heterocycles. The van der Waals surface area contributed by atoms with Crippen molar-refractivity contribution < 1.29 is 9.90 Å². The fourth-order valence-corrected chi connectivity index (χ4v) is 3.39. The van der Waals surface area contributed by atoms with Gasteiger partial charge < -0.3 is 5.11 Å². The van der Waals surface area contributed by atoms with Crippen LogP contribution in [0.5, 0.6) is 0 Å². The normalized spacial score (nSPS) is 16.9. The van der Waals surface area contributed by atoms with E-state index in [9.17, 15) is 4.79 Å². The Morgan fingerprint density at radius 2 is 2.06 bits per heavy atom. The van der Waals surface area contributed by atoms with Crippen LogP contribution in [0, 0.1) is 0 Å². The Balaban J connectivity index is 2.17. The second-order valence-electron chi connectivity index (χ2n) is 3.94. The maximum atomic E-state index is 10.9. The zero-order chi connectivity index (χ0) is 11.1. The Hall–Kier alpha value is -1.61. The molecule has 0 spiro atoms. The SMILES string of the molecule is O=C(O)CC1c2ccccc2-c2sccc21. The average molecular weight is 230 g/mol. The molecular weight excluding hydrogens is 220 g/mol. The van der Waals surface area contributed by atoms with Gasteiger partial charge >= 0.3 is 5.97 Å². The van der Waals surface area contributed by atoms with Crippen molar-refractivity contribution in [3.63, 3.8) is 0 Å². The molecule has 1 aromatic heterocycles. The molecule has 1 aliphatic rings. The predicted molar refractivity (Wildman–Crippen MR) is 63.9 cm³/mol. The van der Waals surface area contributed by atoms with Crippen LogP contribution < -0.4 is 0 Å². The van der Waals surface area contributed by atoms with Crippen LogP contribution in [0.25, 0.3) is 10.4 Å². The molecular formula is C13H10O2S. The number of benzene rings is 1. The van der Waals surface area contributed by atoms with E-state index in [2.05, 4.69) is 6.07 Å². The summed E-state index contributed by atoms with van der Waals surface area (Å²) in [7, 11) is 0. The molecule has 3 rings (SSSR count). The van der Waals surface area contributed by atoms with Crippen LogP contribution in [0.2, 0.25) is 0 Å². The number of rotatable bonds is 2. The van der Waals surface area contributed by atoms with Gasteiger partial charge in [-0.25, -0.2) is 0 Å². The van der Waals surface area contributed by atoms with Gasteiger partial charge in [0.1, 0.15) is 0 Å². The monoisotopic (exact) mass is 230 g/mol. The van der Waals surface area contributed by atoms with Gasteiger partial charge in [-0.05, 0) is 28.1 Å². The van der Waals surface area contributed by atoms with Gasteiger partial charge in [-0.1, -0.05) is 24.3 Å². The second-order valence-corrected chi connectivity index (χ2v) is 4.86. The Morgan fingerprint density at radius 1 is 1.25 bits per heavy atom. The highest BCUT2D eigenvalue weighted by Gasteiger charge is 2.30. The minimum Gasteiger partial charge on any atom is -0.481 e. The predicted octanol–water partition coefficient (Wildman–Crippen LogP) is 3.34. The van der Waals surface area contributed by atoms with E-state index in [0.717, 1.165) is 5.56 Å². The van der Waals surface area contributed by atoms with E-state index in [1.165, 1.54) is 16.0 Å². The van der Waals surface area contributed by atoms with Crippen molar-refractivity contribution in [2.45, 2.75) is 12.3 Å². The third-order valence-corrected chi connectivity index (χ3v) is 3.99. The first kappa shape index (κ1) is 9.60. The van der Waals surface area contributed by atoms with Crippen LogP contribution >= 0.6 is 11.3 Å². The maximum absolute atomic E-state index is 10.9. The van der Waals surface area contributed by atoms with Crippen molar-refractivity contribution in [3.8, 4) is 10.4 Å². The molecule has 0 radical (unpaired) electrons. The first-order valence-electron chi connectivity index (χ1n) is 5.16. The van der Waals surface area contributed by atoms with E-state index in [1.54, 1.807) is 11.3 Å². The standard InChI is InChI=1S/C13H10O2S/c14-12(15)7-11-8-3-1-2-4-9(8)13-10(11)5-6-16-13/h1-6,11H,7H2,(H,14,15). The fraction of sp³-hybridized carbons (Fsp3) is 0.154. The average Bonchev–Trinajstić information content (AvgIpc) is 2.82. The largest absolute Gasteiger partial charge is 0.481 e. The minimum atomic E-state index is -0.737. The lowest BCUT2D eigenvalue weighted by Crippen LogP contribution is -2.04. The zero-order valence-electron chi connectivity index (χ0n) is 8.51. The number of hydrogen-bond acceptors (Lipinski definition) is 2. The van der Waals surface area contributed by atoms with E-state index in [-0.39, 0.29) is 12.3 Å². The molecule has 1 atom stereocenters. The Kier molecular flexibility index (Phi) is 2.07. The van der Waals surface area contributed by atoms with Crippen molar-refractivity contribution in [2.24, 2.45) is 0 Å². The molecule has 1 N–H and O–H groups in total. The maximum Gasteiger partial charge on any atom is 0.304 e. The zero-order valence-corrected chi connectivity index (χ0v) is 9.33. The van der Waals surface area contributed by atoms with E-state index in [4.69, 9.17) is 5.11 Å². The molecule has 3 heteroatoms. The first-order valence-corrected chi connectivity index (χ1v) is 6.04. The van der Waals surface area contributed by atoms with Gasteiger partial charge in [0.15, 0.2) is 0 Å². The van der Waals surface area contributed by atoms with Gasteiger partial charge in [-0.15, -0.1) is 11.3 Å². The van der Waals surface area contributed by atoms with Gasteiger partial charge in [-0.2, -0.15) is 0 Å². The number of thiophene rings is 1. The second kappa shape index (κ2) is 3.46. The number of aliphatic carboxylic acids is 1. The molecule has 1 unspecified atom stereocenters. The molecule has 2 nitrogen and oxygen atoms in total. The number of carbonyl (C=O) groups is 1. The Bertz CT molecular complexity index is 557. The van der Waals surface area contributed by atoms with Gasteiger partial charge in [0.25, 0.3) is 0 Å². The van der Waals surface area contributed by atoms with Crippen molar-refractivity contribution >= 4 is 17.3 Å². The third kappa shape index (κ3) is 1.28. The van der Waals surface area contributed by atoms with E-state index in [1.807, 2.05) is 29.6 Å². The molecule has 0 aliphatic heterocycles. The molecule has 0 bridgehead atoms. The molecule has 0 fully saturated rings. The summed E-state index contributed by atoms with van der Waals surface area (Å²) in [6, 6.07) is 10.1.